The molecule has 4 rings (SSSR count). The Morgan fingerprint density at radius 3 is 2.55 bits per heavy atom. The van der Waals surface area contributed by atoms with Gasteiger partial charge < -0.3 is 4.90 Å². The van der Waals surface area contributed by atoms with E-state index in [1.54, 1.807) is 36.2 Å². The average molecular weight is 469 g/mol. The van der Waals surface area contributed by atoms with Crippen molar-refractivity contribution < 1.29 is 17.6 Å². The van der Waals surface area contributed by atoms with Gasteiger partial charge in [0.25, 0.3) is 15.9 Å². The van der Waals surface area contributed by atoms with E-state index in [1.165, 1.54) is 18.2 Å². The molecule has 1 amide bonds. The minimum Gasteiger partial charge on any atom is -0.336 e. The number of carbonyl (C=O) groups excluding carboxylic acids is 1. The van der Waals surface area contributed by atoms with Crippen LogP contribution >= 0.6 is 0 Å². The van der Waals surface area contributed by atoms with Crippen LogP contribution in [0.15, 0.2) is 71.9 Å². The minimum absolute atomic E-state index is 0.154. The highest BCUT2D eigenvalue weighted by atomic mass is 32.2. The molecule has 0 spiro atoms. The van der Waals surface area contributed by atoms with Crippen molar-refractivity contribution in [3.8, 4) is 0 Å². The third-order valence-electron chi connectivity index (χ3n) is 5.60. The number of sulfonamides is 1. The lowest BCUT2D eigenvalue weighted by Gasteiger charge is -2.34. The predicted octanol–water partition coefficient (Wildman–Crippen LogP) is 3.29. The van der Waals surface area contributed by atoms with E-state index in [9.17, 15) is 17.6 Å². The number of hydrogen-bond donors (Lipinski definition) is 1. The summed E-state index contributed by atoms with van der Waals surface area (Å²) in [6.07, 6.45) is 3.59. The molecular formula is C24H25FN4O3S. The summed E-state index contributed by atoms with van der Waals surface area (Å²) in [6, 6.07) is 14.0. The number of hydrogen-bond acceptors (Lipinski definition) is 5. The van der Waals surface area contributed by atoms with Crippen LogP contribution in [0.5, 0.6) is 0 Å². The minimum atomic E-state index is -3.98. The van der Waals surface area contributed by atoms with E-state index in [2.05, 4.69) is 14.6 Å². The third-order valence-corrected chi connectivity index (χ3v) is 6.98. The highest BCUT2D eigenvalue weighted by Gasteiger charge is 2.23. The molecule has 33 heavy (non-hydrogen) atoms. The molecule has 7 nitrogen and oxygen atoms in total. The molecule has 1 aromatic heterocycles. The van der Waals surface area contributed by atoms with Crippen molar-refractivity contribution >= 4 is 21.6 Å². The van der Waals surface area contributed by atoms with E-state index in [-0.39, 0.29) is 16.5 Å². The number of nitrogens with zero attached hydrogens (tertiary/aromatic N) is 3. The van der Waals surface area contributed by atoms with Gasteiger partial charge in [0.15, 0.2) is 0 Å². The highest BCUT2D eigenvalue weighted by molar-refractivity contribution is 7.92. The van der Waals surface area contributed by atoms with Gasteiger partial charge in [-0.3, -0.25) is 19.4 Å². The quantitative estimate of drug-likeness (QED) is 0.600. The van der Waals surface area contributed by atoms with Crippen molar-refractivity contribution in [3.05, 3.63) is 89.5 Å². The fourth-order valence-electron chi connectivity index (χ4n) is 3.71. The summed E-state index contributed by atoms with van der Waals surface area (Å²) < 4.78 is 41.6. The van der Waals surface area contributed by atoms with Crippen molar-refractivity contribution in [2.24, 2.45) is 0 Å². The zero-order valence-corrected chi connectivity index (χ0v) is 19.1. The number of pyridine rings is 1. The summed E-state index contributed by atoms with van der Waals surface area (Å²) in [7, 11) is -3.98. The molecule has 2 aromatic carbocycles. The molecule has 1 saturated heterocycles. The molecule has 1 aliphatic heterocycles. The van der Waals surface area contributed by atoms with Crippen molar-refractivity contribution in [2.75, 3.05) is 30.9 Å². The molecule has 9 heteroatoms. The largest absolute Gasteiger partial charge is 0.336 e. The second-order valence-corrected chi connectivity index (χ2v) is 9.71. The number of halogens is 1. The maximum absolute atomic E-state index is 13.8. The van der Waals surface area contributed by atoms with E-state index in [1.807, 2.05) is 18.3 Å². The van der Waals surface area contributed by atoms with Crippen LogP contribution in [0.2, 0.25) is 0 Å². The van der Waals surface area contributed by atoms with Gasteiger partial charge in [-0.1, -0.05) is 18.2 Å². The zero-order valence-electron chi connectivity index (χ0n) is 18.2. The van der Waals surface area contributed by atoms with Gasteiger partial charge >= 0.3 is 0 Å². The van der Waals surface area contributed by atoms with Gasteiger partial charge in [-0.2, -0.15) is 0 Å². The summed E-state index contributed by atoms with van der Waals surface area (Å²) in [5.41, 5.74) is 2.14. The van der Waals surface area contributed by atoms with E-state index >= 15 is 0 Å². The number of benzene rings is 2. The maximum Gasteiger partial charge on any atom is 0.261 e. The van der Waals surface area contributed by atoms with Crippen LogP contribution in [0, 0.1) is 12.7 Å². The Labute approximate surface area is 192 Å². The number of piperazine rings is 1. The van der Waals surface area contributed by atoms with Crippen LogP contribution in [0.4, 0.5) is 10.1 Å². The summed E-state index contributed by atoms with van der Waals surface area (Å²) in [5.74, 6) is -0.747. The molecule has 1 aliphatic rings. The Balaban J connectivity index is 1.40. The van der Waals surface area contributed by atoms with Crippen molar-refractivity contribution in [1.82, 2.24) is 14.8 Å². The molecule has 0 radical (unpaired) electrons. The van der Waals surface area contributed by atoms with Gasteiger partial charge in [0.1, 0.15) is 5.82 Å². The SMILES string of the molecule is Cc1ccc(S(=O)(=O)Nc2cccc(C(=O)N3CCN(Cc4cccnc4)CC3)c2)cc1F. The van der Waals surface area contributed by atoms with Crippen molar-refractivity contribution in [3.63, 3.8) is 0 Å². The Hall–Kier alpha value is -3.30. The molecule has 0 bridgehead atoms. The molecule has 3 aromatic rings. The maximum atomic E-state index is 13.8. The number of carbonyl (C=O) groups is 1. The first-order valence-electron chi connectivity index (χ1n) is 10.6. The summed E-state index contributed by atoms with van der Waals surface area (Å²) in [5, 5.41) is 0. The lowest BCUT2D eigenvalue weighted by molar-refractivity contribution is 0.0628. The second-order valence-electron chi connectivity index (χ2n) is 8.03. The number of aryl methyl sites for hydroxylation is 1. The van der Waals surface area contributed by atoms with Gasteiger partial charge in [0.2, 0.25) is 0 Å². The first kappa shape index (κ1) is 22.9. The lowest BCUT2D eigenvalue weighted by Crippen LogP contribution is -2.48. The summed E-state index contributed by atoms with van der Waals surface area (Å²) in [6.45, 7) is 4.99. The van der Waals surface area contributed by atoms with Crippen molar-refractivity contribution in [1.29, 1.82) is 0 Å². The van der Waals surface area contributed by atoms with Crippen LogP contribution in [0.1, 0.15) is 21.5 Å². The Morgan fingerprint density at radius 1 is 1.06 bits per heavy atom. The van der Waals surface area contributed by atoms with Gasteiger partial charge in [-0.25, -0.2) is 12.8 Å². The molecular weight excluding hydrogens is 443 g/mol. The van der Waals surface area contributed by atoms with Gasteiger partial charge in [0, 0.05) is 56.4 Å². The predicted molar refractivity (Wildman–Crippen MR) is 124 cm³/mol. The number of anilines is 1. The van der Waals surface area contributed by atoms with Crippen molar-refractivity contribution in [2.45, 2.75) is 18.4 Å². The standard InChI is InChI=1S/C24H25FN4O3S/c1-18-7-8-22(15-23(18)25)33(31,32)27-21-6-2-5-20(14-21)24(30)29-12-10-28(11-13-29)17-19-4-3-9-26-16-19/h2-9,14-16,27H,10-13,17H2,1H3. The first-order valence-corrected chi connectivity index (χ1v) is 12.1. The van der Waals surface area contributed by atoms with E-state index < -0.39 is 15.8 Å². The van der Waals surface area contributed by atoms with Gasteiger partial charge in [-0.05, 0) is 54.4 Å². The number of aromatic nitrogens is 1. The Kier molecular flexibility index (Phi) is 6.71. The molecule has 172 valence electrons. The molecule has 1 N–H and O–H groups in total. The Morgan fingerprint density at radius 2 is 1.85 bits per heavy atom. The fourth-order valence-corrected chi connectivity index (χ4v) is 4.77. The smallest absolute Gasteiger partial charge is 0.261 e. The molecule has 0 saturated carbocycles. The van der Waals surface area contributed by atoms with Gasteiger partial charge in [0.05, 0.1) is 4.90 Å². The molecule has 1 fully saturated rings. The molecule has 0 unspecified atom stereocenters. The summed E-state index contributed by atoms with van der Waals surface area (Å²) in [4.78, 5) is 21.0. The van der Waals surface area contributed by atoms with Crippen LogP contribution in [-0.2, 0) is 16.6 Å². The van der Waals surface area contributed by atoms with Crippen LogP contribution in [0.3, 0.4) is 0 Å². The number of rotatable bonds is 6. The van der Waals surface area contributed by atoms with Gasteiger partial charge in [-0.15, -0.1) is 0 Å². The third kappa shape index (κ3) is 5.55. The topological polar surface area (TPSA) is 82.6 Å². The fraction of sp³-hybridized carbons (Fsp3) is 0.250. The Bertz CT molecular complexity index is 1240. The molecule has 0 atom stereocenters. The van der Waals surface area contributed by atoms with Crippen LogP contribution < -0.4 is 4.72 Å². The van der Waals surface area contributed by atoms with E-state index in [4.69, 9.17) is 0 Å². The number of amides is 1. The zero-order chi connectivity index (χ0) is 23.4. The second kappa shape index (κ2) is 9.68. The lowest BCUT2D eigenvalue weighted by atomic mass is 10.1. The average Bonchev–Trinajstić information content (AvgIpc) is 2.81. The van der Waals surface area contributed by atoms with Crippen LogP contribution in [-0.4, -0.2) is 55.3 Å². The molecule has 0 aliphatic carbocycles. The molecule has 2 heterocycles. The normalized spacial score (nSPS) is 14.8. The van der Waals surface area contributed by atoms with E-state index in [0.717, 1.165) is 31.3 Å². The van der Waals surface area contributed by atoms with Crippen LogP contribution in [0.25, 0.3) is 0 Å². The number of nitrogens with one attached hydrogen (secondary N) is 1. The highest BCUT2D eigenvalue weighted by Crippen LogP contribution is 2.20. The monoisotopic (exact) mass is 468 g/mol. The van der Waals surface area contributed by atoms with E-state index in [0.29, 0.717) is 24.2 Å². The summed E-state index contributed by atoms with van der Waals surface area (Å²) >= 11 is 0. The first-order chi connectivity index (χ1) is 15.8.